The van der Waals surface area contributed by atoms with E-state index in [0.717, 1.165) is 11.6 Å². The van der Waals surface area contributed by atoms with E-state index >= 15 is 0 Å². The minimum atomic E-state index is -4.69. The van der Waals surface area contributed by atoms with E-state index in [4.69, 9.17) is 4.42 Å². The maximum Gasteiger partial charge on any atom is 0.433 e. The second-order valence-electron chi connectivity index (χ2n) is 6.41. The van der Waals surface area contributed by atoms with E-state index in [1.165, 1.54) is 18.4 Å². The first kappa shape index (κ1) is 18.7. The zero-order chi connectivity index (χ0) is 20.6. The lowest BCUT2D eigenvalue weighted by Gasteiger charge is -2.13. The Balaban J connectivity index is 1.72. The molecule has 148 valence electrons. The van der Waals surface area contributed by atoms with Crippen LogP contribution in [0.2, 0.25) is 0 Å². The van der Waals surface area contributed by atoms with Crippen LogP contribution in [0.5, 0.6) is 0 Å². The fourth-order valence-electron chi connectivity index (χ4n) is 2.93. The first-order valence-electron chi connectivity index (χ1n) is 8.70. The number of nitrogens with one attached hydrogen (secondary N) is 1. The zero-order valence-corrected chi connectivity index (χ0v) is 15.1. The minimum Gasteiger partial charge on any atom is -0.463 e. The van der Waals surface area contributed by atoms with Crippen LogP contribution < -0.4 is 5.32 Å². The van der Waals surface area contributed by atoms with Crippen LogP contribution in [0.4, 0.5) is 13.2 Å². The van der Waals surface area contributed by atoms with Crippen molar-refractivity contribution in [2.75, 3.05) is 0 Å². The Morgan fingerprint density at radius 2 is 1.90 bits per heavy atom. The van der Waals surface area contributed by atoms with E-state index in [9.17, 15) is 18.0 Å². The molecule has 0 aliphatic carbocycles. The summed E-state index contributed by atoms with van der Waals surface area (Å²) in [5.41, 5.74) is -0.465. The van der Waals surface area contributed by atoms with Crippen LogP contribution in [-0.2, 0) is 6.18 Å². The van der Waals surface area contributed by atoms with Gasteiger partial charge in [0.2, 0.25) is 0 Å². The molecule has 4 rings (SSSR count). The highest BCUT2D eigenvalue weighted by atomic mass is 19.4. The molecule has 9 heteroatoms. The van der Waals surface area contributed by atoms with Crippen molar-refractivity contribution in [2.24, 2.45) is 0 Å². The lowest BCUT2D eigenvalue weighted by Crippen LogP contribution is -2.27. The fourth-order valence-corrected chi connectivity index (χ4v) is 2.93. The fraction of sp³-hybridized carbons (Fsp3) is 0.150. The maximum atomic E-state index is 13.6. The highest BCUT2D eigenvalue weighted by molar-refractivity contribution is 5.93. The van der Waals surface area contributed by atoms with E-state index in [-0.39, 0.29) is 28.8 Å². The van der Waals surface area contributed by atoms with E-state index in [1.807, 2.05) is 30.3 Å². The average Bonchev–Trinajstić information content (AvgIpc) is 3.36. The molecule has 0 saturated carbocycles. The number of halogens is 3. The van der Waals surface area contributed by atoms with Crippen LogP contribution in [0.3, 0.4) is 0 Å². The SMILES string of the molecule is C[C@H](NC(=O)c1cc2nc(-c3ccco3)cc(C(F)(F)F)n2n1)c1ccccc1. The summed E-state index contributed by atoms with van der Waals surface area (Å²) in [5.74, 6) is -0.414. The Labute approximate surface area is 163 Å². The molecule has 0 radical (unpaired) electrons. The van der Waals surface area contributed by atoms with Crippen molar-refractivity contribution in [1.82, 2.24) is 19.9 Å². The maximum absolute atomic E-state index is 13.6. The molecule has 4 aromatic rings. The number of furan rings is 1. The standard InChI is InChI=1S/C20H15F3N4O2/c1-12(13-6-3-2-4-7-13)24-19(28)15-11-18-25-14(16-8-5-9-29-16)10-17(20(21,22)23)27(18)26-15/h2-12H,1H3,(H,24,28)/t12-/m0/s1. The van der Waals surface area contributed by atoms with E-state index in [2.05, 4.69) is 15.4 Å². The average molecular weight is 400 g/mol. The number of aromatic nitrogens is 3. The minimum absolute atomic E-state index is 0.000614. The number of amides is 1. The zero-order valence-electron chi connectivity index (χ0n) is 15.1. The van der Waals surface area contributed by atoms with Gasteiger partial charge in [0, 0.05) is 6.07 Å². The van der Waals surface area contributed by atoms with Gasteiger partial charge in [0.15, 0.2) is 22.8 Å². The van der Waals surface area contributed by atoms with Gasteiger partial charge < -0.3 is 9.73 Å². The van der Waals surface area contributed by atoms with E-state index in [0.29, 0.717) is 4.52 Å². The van der Waals surface area contributed by atoms with Crippen LogP contribution in [0.1, 0.15) is 34.7 Å². The predicted molar refractivity (Wildman–Crippen MR) is 98.0 cm³/mol. The molecule has 3 heterocycles. The van der Waals surface area contributed by atoms with Gasteiger partial charge >= 0.3 is 6.18 Å². The van der Waals surface area contributed by atoms with Crippen LogP contribution in [0.25, 0.3) is 17.1 Å². The summed E-state index contributed by atoms with van der Waals surface area (Å²) >= 11 is 0. The summed E-state index contributed by atoms with van der Waals surface area (Å²) in [5, 5.41) is 6.57. The number of benzene rings is 1. The smallest absolute Gasteiger partial charge is 0.433 e. The number of fused-ring (bicyclic) bond motifs is 1. The lowest BCUT2D eigenvalue weighted by atomic mass is 10.1. The Morgan fingerprint density at radius 3 is 2.55 bits per heavy atom. The summed E-state index contributed by atoms with van der Waals surface area (Å²) in [7, 11) is 0. The first-order chi connectivity index (χ1) is 13.8. The molecule has 0 spiro atoms. The molecule has 1 amide bonds. The largest absolute Gasteiger partial charge is 0.463 e. The number of nitrogens with zero attached hydrogens (tertiary/aromatic N) is 3. The summed E-state index contributed by atoms with van der Waals surface area (Å²) in [4.78, 5) is 16.7. The summed E-state index contributed by atoms with van der Waals surface area (Å²) < 4.78 is 46.5. The molecule has 0 aliphatic heterocycles. The van der Waals surface area contributed by atoms with Crippen LogP contribution >= 0.6 is 0 Å². The number of carbonyl (C=O) groups is 1. The Hall–Kier alpha value is -3.62. The van der Waals surface area contributed by atoms with Gasteiger partial charge in [-0.1, -0.05) is 30.3 Å². The van der Waals surface area contributed by atoms with E-state index < -0.39 is 17.8 Å². The third kappa shape index (κ3) is 3.71. The van der Waals surface area contributed by atoms with Crippen molar-refractivity contribution >= 4 is 11.6 Å². The van der Waals surface area contributed by atoms with Crippen molar-refractivity contribution in [3.63, 3.8) is 0 Å². The lowest BCUT2D eigenvalue weighted by molar-refractivity contribution is -0.142. The summed E-state index contributed by atoms with van der Waals surface area (Å²) in [6.45, 7) is 1.78. The second kappa shape index (κ2) is 7.08. The van der Waals surface area contributed by atoms with Crippen molar-refractivity contribution in [3.05, 3.63) is 77.8 Å². The Morgan fingerprint density at radius 1 is 1.14 bits per heavy atom. The van der Waals surface area contributed by atoms with E-state index in [1.54, 1.807) is 13.0 Å². The Bertz CT molecular complexity index is 1150. The third-order valence-electron chi connectivity index (χ3n) is 4.37. The molecule has 0 bridgehead atoms. The van der Waals surface area contributed by atoms with Gasteiger partial charge in [-0.3, -0.25) is 4.79 Å². The molecule has 0 saturated heterocycles. The van der Waals surface area contributed by atoms with Gasteiger partial charge in [0.05, 0.1) is 12.3 Å². The third-order valence-corrected chi connectivity index (χ3v) is 4.37. The molecule has 29 heavy (non-hydrogen) atoms. The molecular formula is C20H15F3N4O2. The monoisotopic (exact) mass is 400 g/mol. The van der Waals surface area contributed by atoms with Crippen molar-refractivity contribution in [2.45, 2.75) is 19.1 Å². The Kier molecular flexibility index (Phi) is 4.57. The van der Waals surface area contributed by atoms with Gasteiger partial charge in [0.25, 0.3) is 5.91 Å². The quantitative estimate of drug-likeness (QED) is 0.548. The highest BCUT2D eigenvalue weighted by Gasteiger charge is 2.36. The number of alkyl halides is 3. The predicted octanol–water partition coefficient (Wildman–Crippen LogP) is 4.50. The molecule has 3 aromatic heterocycles. The molecule has 1 aromatic carbocycles. The van der Waals surface area contributed by atoms with Crippen molar-refractivity contribution in [3.8, 4) is 11.5 Å². The van der Waals surface area contributed by atoms with Gasteiger partial charge in [-0.25, -0.2) is 9.50 Å². The molecule has 1 atom stereocenters. The number of rotatable bonds is 4. The van der Waals surface area contributed by atoms with Gasteiger partial charge in [-0.15, -0.1) is 0 Å². The highest BCUT2D eigenvalue weighted by Crippen LogP contribution is 2.32. The number of hydrogen-bond acceptors (Lipinski definition) is 4. The van der Waals surface area contributed by atoms with Crippen LogP contribution in [0.15, 0.2) is 65.3 Å². The molecule has 0 aliphatic rings. The van der Waals surface area contributed by atoms with Crippen molar-refractivity contribution < 1.29 is 22.4 Å². The van der Waals surface area contributed by atoms with Crippen LogP contribution in [0, 0.1) is 0 Å². The summed E-state index contributed by atoms with van der Waals surface area (Å²) in [6.07, 6.45) is -3.35. The molecule has 6 nitrogen and oxygen atoms in total. The van der Waals surface area contributed by atoms with Crippen molar-refractivity contribution in [1.29, 1.82) is 0 Å². The van der Waals surface area contributed by atoms with Gasteiger partial charge in [-0.05, 0) is 30.7 Å². The second-order valence-corrected chi connectivity index (χ2v) is 6.41. The van der Waals surface area contributed by atoms with Gasteiger partial charge in [0.1, 0.15) is 5.69 Å². The van der Waals surface area contributed by atoms with Crippen LogP contribution in [-0.4, -0.2) is 20.5 Å². The normalized spacial score (nSPS) is 12.8. The first-order valence-corrected chi connectivity index (χ1v) is 8.70. The molecule has 0 fully saturated rings. The van der Waals surface area contributed by atoms with Gasteiger partial charge in [-0.2, -0.15) is 18.3 Å². The number of carbonyl (C=O) groups excluding carboxylic acids is 1. The molecular weight excluding hydrogens is 385 g/mol. The summed E-state index contributed by atoms with van der Waals surface area (Å²) in [6, 6.07) is 14.0. The topological polar surface area (TPSA) is 72.4 Å². The molecule has 1 N–H and O–H groups in total. The molecule has 0 unspecified atom stereocenters. The number of hydrogen-bond donors (Lipinski definition) is 1.